The van der Waals surface area contributed by atoms with Gasteiger partial charge in [0.1, 0.15) is 12.3 Å². The normalized spacial score (nSPS) is 10.7. The highest BCUT2D eigenvalue weighted by atomic mass is 32.2. The Morgan fingerprint density at radius 2 is 1.00 bits per heavy atom. The van der Waals surface area contributed by atoms with Crippen molar-refractivity contribution >= 4 is 58.2 Å². The van der Waals surface area contributed by atoms with Gasteiger partial charge in [0.05, 0.1) is 12.3 Å². The molecule has 2 N–H and O–H groups in total. The number of aryl methyl sites for hydroxylation is 6. The monoisotopic (exact) mass is 656 g/mol. The van der Waals surface area contributed by atoms with Crippen LogP contribution in [0.5, 0.6) is 0 Å². The molecule has 2 aromatic rings. The van der Waals surface area contributed by atoms with Gasteiger partial charge in [-0.15, -0.1) is 0 Å². The molecule has 0 aliphatic carbocycles. The van der Waals surface area contributed by atoms with Crippen molar-refractivity contribution in [3.63, 3.8) is 0 Å². The van der Waals surface area contributed by atoms with Crippen LogP contribution in [0.3, 0.4) is 0 Å². The van der Waals surface area contributed by atoms with E-state index in [-0.39, 0.29) is 18.9 Å². The molecule has 0 aromatic heterocycles. The van der Waals surface area contributed by atoms with Crippen molar-refractivity contribution < 1.29 is 24.0 Å². The Labute approximate surface area is 279 Å². The van der Waals surface area contributed by atoms with E-state index in [1.54, 1.807) is 30.4 Å². The number of Topliss-reactive ketones (excluding diaryl/α,β-unsaturated/α-hetero) is 5. The van der Waals surface area contributed by atoms with Gasteiger partial charge in [0.25, 0.3) is 0 Å². The summed E-state index contributed by atoms with van der Waals surface area (Å²) >= 11 is 3.21. The number of hydrogen-bond donors (Lipinski definition) is 1. The number of rotatable bonds is 15. The summed E-state index contributed by atoms with van der Waals surface area (Å²) in [7, 11) is 0. The van der Waals surface area contributed by atoms with E-state index in [1.807, 2.05) is 85.2 Å². The molecule has 0 heterocycles. The maximum atomic E-state index is 12.6. The molecule has 0 saturated heterocycles. The topological polar surface area (TPSA) is 124 Å². The highest BCUT2D eigenvalue weighted by Gasteiger charge is 2.22. The van der Waals surface area contributed by atoms with Crippen molar-refractivity contribution in [3.8, 4) is 0 Å². The van der Waals surface area contributed by atoms with Gasteiger partial charge in [-0.25, -0.2) is 0 Å². The lowest BCUT2D eigenvalue weighted by molar-refractivity contribution is -0.115. The van der Waals surface area contributed by atoms with Gasteiger partial charge in [-0.3, -0.25) is 29.0 Å². The van der Waals surface area contributed by atoms with E-state index in [0.29, 0.717) is 16.9 Å². The van der Waals surface area contributed by atoms with E-state index in [4.69, 9.17) is 5.73 Å². The van der Waals surface area contributed by atoms with Gasteiger partial charge >= 0.3 is 0 Å². The molecule has 2 rings (SSSR count). The Morgan fingerprint density at radius 1 is 0.644 bits per heavy atom. The van der Waals surface area contributed by atoms with Crippen LogP contribution in [0.25, 0.3) is 0 Å². The molecular formula is C36H52N2O5S2. The fraction of sp³-hybridized carbons (Fsp3) is 0.500. The molecule has 248 valence electrons. The van der Waals surface area contributed by atoms with Crippen LogP contribution in [0.15, 0.2) is 29.3 Å². The summed E-state index contributed by atoms with van der Waals surface area (Å²) in [6.45, 7) is 15.2. The van der Waals surface area contributed by atoms with Gasteiger partial charge < -0.3 is 5.73 Å². The third-order valence-corrected chi connectivity index (χ3v) is 8.16. The first-order chi connectivity index (χ1) is 21.3. The summed E-state index contributed by atoms with van der Waals surface area (Å²) in [5, 5.41) is 0. The van der Waals surface area contributed by atoms with Crippen molar-refractivity contribution in [1.29, 1.82) is 0 Å². The van der Waals surface area contributed by atoms with Crippen molar-refractivity contribution in [2.45, 2.75) is 81.1 Å². The van der Waals surface area contributed by atoms with Crippen molar-refractivity contribution in [2.75, 3.05) is 37.1 Å². The lowest BCUT2D eigenvalue weighted by atomic mass is 9.91. The molecule has 0 aliphatic heterocycles. The van der Waals surface area contributed by atoms with Gasteiger partial charge in [0, 0.05) is 22.6 Å². The van der Waals surface area contributed by atoms with Gasteiger partial charge in [0.2, 0.25) is 23.1 Å². The molecule has 7 nitrogen and oxygen atoms in total. The predicted molar refractivity (Wildman–Crippen MR) is 193 cm³/mol. The lowest BCUT2D eigenvalue weighted by Crippen LogP contribution is -2.25. The molecule has 0 amide bonds. The first-order valence-electron chi connectivity index (χ1n) is 15.3. The van der Waals surface area contributed by atoms with E-state index in [0.717, 1.165) is 70.5 Å². The van der Waals surface area contributed by atoms with Crippen LogP contribution in [-0.2, 0) is 40.1 Å². The molecule has 0 radical (unpaired) electrons. The number of carbonyl (C=O) groups is 5. The average Bonchev–Trinajstić information content (AvgIpc) is 3.02. The summed E-state index contributed by atoms with van der Waals surface area (Å²) in [5.41, 5.74) is 13.4. The third-order valence-electron chi connectivity index (χ3n) is 6.76. The number of carbonyl (C=O) groups excluding carboxylic acids is 5. The molecule has 0 saturated carbocycles. The predicted octanol–water partition coefficient (Wildman–Crippen LogP) is 6.46. The van der Waals surface area contributed by atoms with Gasteiger partial charge in [0.15, 0.2) is 0 Å². The SMILES string of the molecule is CCc1cc(C)cc(CC)c1C(=O)C(=O)CN.CCc1cc(C)cc(CC)c1C(=O)C(=O)CN=C(C)CSC.CSCC(C)=O. The van der Waals surface area contributed by atoms with Crippen LogP contribution >= 0.6 is 23.5 Å². The highest BCUT2D eigenvalue weighted by Crippen LogP contribution is 2.21. The Kier molecular flexibility index (Phi) is 21.2. The number of aliphatic imine (C=N–C) groups is 1. The Morgan fingerprint density at radius 3 is 1.27 bits per heavy atom. The number of benzene rings is 2. The minimum Gasteiger partial charge on any atom is -0.324 e. The molecular weight excluding hydrogens is 605 g/mol. The number of nitrogens with zero attached hydrogens (tertiary/aromatic N) is 1. The van der Waals surface area contributed by atoms with Crippen molar-refractivity contribution in [1.82, 2.24) is 0 Å². The second kappa shape index (κ2) is 22.6. The highest BCUT2D eigenvalue weighted by molar-refractivity contribution is 7.99. The zero-order chi connectivity index (χ0) is 34.7. The standard InChI is InChI=1S/C18H25NO2S.C14H19NO2.C4H8OS/c1-6-14-8-12(3)9-15(7-2)17(14)18(21)16(20)10-19-13(4)11-22-5;1-4-10-6-9(3)7-11(5-2)13(10)14(17)12(16)8-15;1-4(5)3-6-2/h8-9H,6-7,10-11H2,1-5H3;6-7H,4-5,8,15H2,1-3H3;3H2,1-2H3. The van der Waals surface area contributed by atoms with E-state index < -0.39 is 23.1 Å². The Hall–Kier alpha value is -2.88. The molecule has 45 heavy (non-hydrogen) atoms. The largest absolute Gasteiger partial charge is 0.324 e. The minimum absolute atomic E-state index is 0.0502. The molecule has 0 unspecified atom stereocenters. The molecule has 0 fully saturated rings. The van der Waals surface area contributed by atoms with Crippen LogP contribution in [0.2, 0.25) is 0 Å². The number of ketones is 5. The quantitative estimate of drug-likeness (QED) is 0.132. The Balaban J connectivity index is 0.000000744. The van der Waals surface area contributed by atoms with Gasteiger partial charge in [-0.05, 0) is 88.1 Å². The minimum atomic E-state index is -0.516. The van der Waals surface area contributed by atoms with Gasteiger partial charge in [-0.1, -0.05) is 63.1 Å². The van der Waals surface area contributed by atoms with Gasteiger partial charge in [-0.2, -0.15) is 23.5 Å². The summed E-state index contributed by atoms with van der Waals surface area (Å²) in [6.07, 6.45) is 6.89. The van der Waals surface area contributed by atoms with E-state index in [2.05, 4.69) is 4.99 Å². The second-order valence-corrected chi connectivity index (χ2v) is 12.4. The maximum absolute atomic E-state index is 12.6. The van der Waals surface area contributed by atoms with Crippen LogP contribution in [-0.4, -0.2) is 71.7 Å². The third kappa shape index (κ3) is 14.4. The van der Waals surface area contributed by atoms with Crippen molar-refractivity contribution in [2.24, 2.45) is 10.7 Å². The first kappa shape index (κ1) is 42.1. The summed E-state index contributed by atoms with van der Waals surface area (Å²) in [6, 6.07) is 7.94. The van der Waals surface area contributed by atoms with Crippen LogP contribution in [0.4, 0.5) is 0 Å². The smallest absolute Gasteiger partial charge is 0.231 e. The maximum Gasteiger partial charge on any atom is 0.231 e. The molecule has 0 spiro atoms. The molecule has 2 aromatic carbocycles. The zero-order valence-electron chi connectivity index (χ0n) is 28.8. The van der Waals surface area contributed by atoms with E-state index >= 15 is 0 Å². The average molecular weight is 657 g/mol. The second-order valence-electron chi connectivity index (χ2n) is 10.7. The van der Waals surface area contributed by atoms with Crippen molar-refractivity contribution in [3.05, 3.63) is 68.8 Å². The molecule has 0 atom stereocenters. The summed E-state index contributed by atoms with van der Waals surface area (Å²) in [4.78, 5) is 62.5. The summed E-state index contributed by atoms with van der Waals surface area (Å²) in [5.74, 6) is -0.0862. The lowest BCUT2D eigenvalue weighted by Gasteiger charge is -2.13. The number of hydrogen-bond acceptors (Lipinski definition) is 9. The number of nitrogens with two attached hydrogens (primary N) is 1. The van der Waals surface area contributed by atoms with Crippen LogP contribution < -0.4 is 5.73 Å². The van der Waals surface area contributed by atoms with E-state index in [1.165, 1.54) is 0 Å². The number of thioether (sulfide) groups is 2. The van der Waals surface area contributed by atoms with Crippen LogP contribution in [0.1, 0.15) is 95.6 Å². The van der Waals surface area contributed by atoms with Crippen LogP contribution in [0, 0.1) is 13.8 Å². The summed E-state index contributed by atoms with van der Waals surface area (Å²) < 4.78 is 0. The fourth-order valence-electron chi connectivity index (χ4n) is 4.69. The fourth-order valence-corrected chi connectivity index (χ4v) is 5.61. The van der Waals surface area contributed by atoms with E-state index in [9.17, 15) is 24.0 Å². The Bertz CT molecular complexity index is 1320. The molecule has 0 bridgehead atoms. The molecule has 9 heteroatoms. The molecule has 0 aliphatic rings. The first-order valence-corrected chi connectivity index (χ1v) is 18.1. The zero-order valence-corrected chi connectivity index (χ0v) is 30.5.